The second kappa shape index (κ2) is 7.90. The van der Waals surface area contributed by atoms with Crippen molar-refractivity contribution >= 4 is 32.7 Å². The Morgan fingerprint density at radius 1 is 1.38 bits per heavy atom. The SMILES string of the molecule is CCc1nc2sc(N3CCCC3C(=O)NCc3cccc(F)c3)nc2c(=O)n1C. The van der Waals surface area contributed by atoms with Gasteiger partial charge in [-0.1, -0.05) is 30.4 Å². The first-order valence-corrected chi connectivity index (χ1v) is 10.4. The Balaban J connectivity index is 1.55. The molecular weight excluding hydrogens is 393 g/mol. The quantitative estimate of drug-likeness (QED) is 0.692. The minimum absolute atomic E-state index is 0.124. The smallest absolute Gasteiger partial charge is 0.280 e. The molecule has 1 aliphatic rings. The van der Waals surface area contributed by atoms with E-state index in [2.05, 4.69) is 15.3 Å². The van der Waals surface area contributed by atoms with E-state index < -0.39 is 0 Å². The molecule has 0 bridgehead atoms. The van der Waals surface area contributed by atoms with Gasteiger partial charge >= 0.3 is 0 Å². The van der Waals surface area contributed by atoms with Gasteiger partial charge in [-0.05, 0) is 30.5 Å². The molecule has 1 atom stereocenters. The van der Waals surface area contributed by atoms with Crippen molar-refractivity contribution in [3.63, 3.8) is 0 Å². The number of nitrogens with zero attached hydrogens (tertiary/aromatic N) is 4. The number of nitrogens with one attached hydrogen (secondary N) is 1. The third-order valence-corrected chi connectivity index (χ3v) is 6.18. The maximum absolute atomic E-state index is 13.3. The highest BCUT2D eigenvalue weighted by Crippen LogP contribution is 2.31. The fourth-order valence-electron chi connectivity index (χ4n) is 3.65. The third-order valence-electron chi connectivity index (χ3n) is 5.20. The molecule has 1 saturated heterocycles. The van der Waals surface area contributed by atoms with E-state index in [0.717, 1.165) is 6.42 Å². The number of hydrogen-bond donors (Lipinski definition) is 1. The first-order chi connectivity index (χ1) is 14.0. The third kappa shape index (κ3) is 3.74. The van der Waals surface area contributed by atoms with Crippen LogP contribution in [0, 0.1) is 5.82 Å². The van der Waals surface area contributed by atoms with E-state index in [0.29, 0.717) is 46.3 Å². The molecule has 0 radical (unpaired) electrons. The number of thiazole rings is 1. The molecule has 0 spiro atoms. The fraction of sp³-hybridized carbons (Fsp3) is 0.400. The highest BCUT2D eigenvalue weighted by Gasteiger charge is 2.33. The number of amides is 1. The number of aromatic nitrogens is 3. The van der Waals surface area contributed by atoms with E-state index in [4.69, 9.17) is 0 Å². The Hall–Kier alpha value is -2.81. The number of anilines is 1. The van der Waals surface area contributed by atoms with Crippen molar-refractivity contribution in [3.8, 4) is 0 Å². The van der Waals surface area contributed by atoms with Crippen LogP contribution < -0.4 is 15.8 Å². The van der Waals surface area contributed by atoms with Crippen LogP contribution in [-0.4, -0.2) is 33.0 Å². The summed E-state index contributed by atoms with van der Waals surface area (Å²) in [6.07, 6.45) is 2.22. The van der Waals surface area contributed by atoms with Gasteiger partial charge in [0.15, 0.2) is 15.5 Å². The average Bonchev–Trinajstić information content (AvgIpc) is 3.36. The Bertz CT molecular complexity index is 1130. The van der Waals surface area contributed by atoms with Crippen LogP contribution in [0.3, 0.4) is 0 Å². The molecule has 1 unspecified atom stereocenters. The fourth-order valence-corrected chi connectivity index (χ4v) is 4.67. The summed E-state index contributed by atoms with van der Waals surface area (Å²) in [6, 6.07) is 5.82. The van der Waals surface area contributed by atoms with Crippen molar-refractivity contribution in [1.29, 1.82) is 0 Å². The lowest BCUT2D eigenvalue weighted by Gasteiger charge is -2.23. The number of fused-ring (bicyclic) bond motifs is 1. The van der Waals surface area contributed by atoms with Gasteiger partial charge in [-0.25, -0.2) is 14.4 Å². The second-order valence-electron chi connectivity index (χ2n) is 7.10. The molecule has 4 rings (SSSR count). The Labute approximate surface area is 171 Å². The summed E-state index contributed by atoms with van der Waals surface area (Å²) in [5.74, 6) is 0.263. The molecule has 9 heteroatoms. The molecule has 1 aliphatic heterocycles. The molecule has 0 saturated carbocycles. The van der Waals surface area contributed by atoms with Crippen molar-refractivity contribution in [2.45, 2.75) is 38.8 Å². The molecular formula is C20H22FN5O2S. The summed E-state index contributed by atoms with van der Waals surface area (Å²) in [7, 11) is 1.70. The van der Waals surface area contributed by atoms with Crippen LogP contribution in [0.5, 0.6) is 0 Å². The van der Waals surface area contributed by atoms with E-state index >= 15 is 0 Å². The summed E-state index contributed by atoms with van der Waals surface area (Å²) in [5.41, 5.74) is 0.888. The predicted molar refractivity (Wildman–Crippen MR) is 111 cm³/mol. The number of hydrogen-bond acceptors (Lipinski definition) is 6. The van der Waals surface area contributed by atoms with Gasteiger partial charge in [0.1, 0.15) is 17.7 Å². The van der Waals surface area contributed by atoms with E-state index in [-0.39, 0.29) is 29.9 Å². The van der Waals surface area contributed by atoms with E-state index in [1.165, 1.54) is 28.0 Å². The maximum atomic E-state index is 13.3. The molecule has 1 amide bonds. The van der Waals surface area contributed by atoms with Crippen LogP contribution in [0.25, 0.3) is 10.3 Å². The first-order valence-electron chi connectivity index (χ1n) is 9.63. The number of rotatable bonds is 5. The van der Waals surface area contributed by atoms with Crippen molar-refractivity contribution in [1.82, 2.24) is 19.9 Å². The standard InChI is InChI=1S/C20H22FN5O2S/c1-3-15-23-18-16(19(28)25(15)2)24-20(29-18)26-9-5-8-14(26)17(27)22-11-12-6-4-7-13(21)10-12/h4,6-7,10,14H,3,5,8-9,11H2,1-2H3,(H,22,27). The zero-order valence-corrected chi connectivity index (χ0v) is 17.1. The van der Waals surface area contributed by atoms with Crippen molar-refractivity contribution in [2.75, 3.05) is 11.4 Å². The Morgan fingerprint density at radius 2 is 2.21 bits per heavy atom. The summed E-state index contributed by atoms with van der Waals surface area (Å²) < 4.78 is 14.9. The van der Waals surface area contributed by atoms with Gasteiger partial charge in [0, 0.05) is 26.6 Å². The van der Waals surface area contributed by atoms with Crippen LogP contribution in [-0.2, 0) is 24.8 Å². The normalized spacial score (nSPS) is 16.5. The van der Waals surface area contributed by atoms with Crippen LogP contribution >= 0.6 is 11.3 Å². The average molecular weight is 415 g/mol. The highest BCUT2D eigenvalue weighted by atomic mass is 32.1. The van der Waals surface area contributed by atoms with Crippen LogP contribution in [0.4, 0.5) is 9.52 Å². The number of benzene rings is 1. The van der Waals surface area contributed by atoms with Crippen LogP contribution in [0.15, 0.2) is 29.1 Å². The highest BCUT2D eigenvalue weighted by molar-refractivity contribution is 7.21. The van der Waals surface area contributed by atoms with Crippen LogP contribution in [0.2, 0.25) is 0 Å². The van der Waals surface area contributed by atoms with Gasteiger partial charge in [-0.2, -0.15) is 0 Å². The predicted octanol–water partition coefficient (Wildman–Crippen LogP) is 2.38. The van der Waals surface area contributed by atoms with E-state index in [1.807, 2.05) is 11.8 Å². The molecule has 3 aromatic rings. The van der Waals surface area contributed by atoms with Crippen molar-refractivity contribution in [2.24, 2.45) is 7.05 Å². The van der Waals surface area contributed by atoms with Crippen molar-refractivity contribution in [3.05, 3.63) is 51.8 Å². The van der Waals surface area contributed by atoms with Gasteiger partial charge in [0.05, 0.1) is 0 Å². The Kier molecular flexibility index (Phi) is 5.31. The molecule has 1 aromatic carbocycles. The molecule has 7 nitrogen and oxygen atoms in total. The van der Waals surface area contributed by atoms with Gasteiger partial charge in [-0.3, -0.25) is 14.2 Å². The lowest BCUT2D eigenvalue weighted by atomic mass is 10.2. The maximum Gasteiger partial charge on any atom is 0.280 e. The molecule has 29 heavy (non-hydrogen) atoms. The number of halogens is 1. The summed E-state index contributed by atoms with van der Waals surface area (Å²) in [4.78, 5) is 37.0. The molecule has 0 aliphatic carbocycles. The molecule has 152 valence electrons. The zero-order valence-electron chi connectivity index (χ0n) is 16.3. The minimum Gasteiger partial charge on any atom is -0.350 e. The summed E-state index contributed by atoms with van der Waals surface area (Å²) >= 11 is 1.35. The number of carbonyl (C=O) groups excluding carboxylic acids is 1. The first kappa shape index (κ1) is 19.5. The van der Waals surface area contributed by atoms with Gasteiger partial charge in [0.25, 0.3) is 5.56 Å². The van der Waals surface area contributed by atoms with Crippen molar-refractivity contribution < 1.29 is 9.18 Å². The van der Waals surface area contributed by atoms with E-state index in [9.17, 15) is 14.0 Å². The second-order valence-corrected chi connectivity index (χ2v) is 8.05. The van der Waals surface area contributed by atoms with Crippen LogP contribution in [0.1, 0.15) is 31.2 Å². The largest absolute Gasteiger partial charge is 0.350 e. The zero-order chi connectivity index (χ0) is 20.5. The number of aryl methyl sites for hydroxylation is 1. The van der Waals surface area contributed by atoms with Gasteiger partial charge in [0.2, 0.25) is 5.91 Å². The van der Waals surface area contributed by atoms with Gasteiger partial charge in [-0.15, -0.1) is 0 Å². The monoisotopic (exact) mass is 415 g/mol. The molecule has 1 N–H and O–H groups in total. The Morgan fingerprint density at radius 3 is 2.97 bits per heavy atom. The summed E-state index contributed by atoms with van der Waals surface area (Å²) in [5, 5.41) is 3.53. The summed E-state index contributed by atoms with van der Waals surface area (Å²) in [6.45, 7) is 2.91. The lowest BCUT2D eigenvalue weighted by Crippen LogP contribution is -2.43. The molecule has 1 fully saturated rings. The van der Waals surface area contributed by atoms with E-state index in [1.54, 1.807) is 19.2 Å². The molecule has 3 heterocycles. The number of carbonyl (C=O) groups is 1. The lowest BCUT2D eigenvalue weighted by molar-refractivity contribution is -0.122. The topological polar surface area (TPSA) is 80.1 Å². The minimum atomic E-state index is -0.362. The van der Waals surface area contributed by atoms with Gasteiger partial charge < -0.3 is 10.2 Å². The molecule has 2 aromatic heterocycles.